The predicted octanol–water partition coefficient (Wildman–Crippen LogP) is 2.45. The molecule has 0 saturated carbocycles. The molecule has 0 saturated heterocycles. The summed E-state index contributed by atoms with van der Waals surface area (Å²) in [6.45, 7) is 0. The molecule has 2 atom stereocenters. The van der Waals surface area contributed by atoms with Gasteiger partial charge in [-0.15, -0.1) is 12.4 Å². The molecule has 0 aliphatic heterocycles. The number of nitrogens with two attached hydrogens (primary N) is 1. The Labute approximate surface area is 132 Å². The summed E-state index contributed by atoms with van der Waals surface area (Å²) in [5, 5.41) is 10.1. The van der Waals surface area contributed by atoms with Gasteiger partial charge in [0.05, 0.1) is 33.0 Å². The van der Waals surface area contributed by atoms with Crippen LogP contribution in [0.15, 0.2) is 12.1 Å². The van der Waals surface area contributed by atoms with Gasteiger partial charge >= 0.3 is 6.18 Å². The lowest BCUT2D eigenvalue weighted by Gasteiger charge is -2.22. The highest BCUT2D eigenvalue weighted by molar-refractivity contribution is 5.85. The maximum absolute atomic E-state index is 12.5. The second kappa shape index (κ2) is 8.30. The van der Waals surface area contributed by atoms with Crippen LogP contribution >= 0.6 is 12.4 Å². The number of aliphatic hydroxyl groups excluding tert-OH is 1. The van der Waals surface area contributed by atoms with Crippen molar-refractivity contribution in [2.24, 2.45) is 5.73 Å². The van der Waals surface area contributed by atoms with Gasteiger partial charge in [0.2, 0.25) is 0 Å². The molecule has 0 aliphatic rings. The van der Waals surface area contributed by atoms with Gasteiger partial charge < -0.3 is 25.1 Å². The summed E-state index contributed by atoms with van der Waals surface area (Å²) >= 11 is 0. The molecule has 0 spiro atoms. The van der Waals surface area contributed by atoms with Gasteiger partial charge in [-0.25, -0.2) is 0 Å². The van der Waals surface area contributed by atoms with E-state index in [1.54, 1.807) is 0 Å². The highest BCUT2D eigenvalue weighted by Gasteiger charge is 2.39. The van der Waals surface area contributed by atoms with E-state index in [-0.39, 0.29) is 29.5 Å². The lowest BCUT2D eigenvalue weighted by atomic mass is 9.99. The first-order chi connectivity index (χ1) is 9.74. The molecular formula is C13H19ClF3NO4. The fourth-order valence-corrected chi connectivity index (χ4v) is 1.85. The van der Waals surface area contributed by atoms with E-state index in [4.69, 9.17) is 19.9 Å². The van der Waals surface area contributed by atoms with Gasteiger partial charge in [-0.1, -0.05) is 0 Å². The molecule has 1 aromatic carbocycles. The molecule has 22 heavy (non-hydrogen) atoms. The van der Waals surface area contributed by atoms with Crippen molar-refractivity contribution in [1.82, 2.24) is 0 Å². The summed E-state index contributed by atoms with van der Waals surface area (Å²) in [5.74, 6) is 0.709. The number of alkyl halides is 3. The Morgan fingerprint density at radius 1 is 1.09 bits per heavy atom. The molecule has 0 aliphatic carbocycles. The number of methoxy groups -OCH3 is 3. The number of benzene rings is 1. The van der Waals surface area contributed by atoms with Crippen LogP contribution in [0.5, 0.6) is 17.2 Å². The molecule has 3 N–H and O–H groups in total. The summed E-state index contributed by atoms with van der Waals surface area (Å²) in [4.78, 5) is 0. The van der Waals surface area contributed by atoms with Crippen LogP contribution in [0, 0.1) is 0 Å². The zero-order chi connectivity index (χ0) is 16.2. The monoisotopic (exact) mass is 345 g/mol. The molecule has 0 radical (unpaired) electrons. The van der Waals surface area contributed by atoms with Crippen molar-refractivity contribution in [2.75, 3.05) is 21.3 Å². The van der Waals surface area contributed by atoms with Crippen LogP contribution in [0.2, 0.25) is 0 Å². The minimum absolute atomic E-state index is 0. The number of ether oxygens (including phenoxy) is 3. The van der Waals surface area contributed by atoms with Crippen molar-refractivity contribution >= 4 is 12.4 Å². The molecule has 1 aromatic rings. The summed E-state index contributed by atoms with van der Waals surface area (Å²) in [5.41, 5.74) is 5.13. The van der Waals surface area contributed by atoms with Gasteiger partial charge in [0.1, 0.15) is 23.3 Å². The number of halogens is 4. The van der Waals surface area contributed by atoms with Crippen molar-refractivity contribution in [3.05, 3.63) is 17.7 Å². The van der Waals surface area contributed by atoms with E-state index in [1.165, 1.54) is 33.5 Å². The molecule has 0 fully saturated rings. The average Bonchev–Trinajstić information content (AvgIpc) is 2.44. The second-order valence-corrected chi connectivity index (χ2v) is 4.35. The summed E-state index contributed by atoms with van der Waals surface area (Å²) in [6.07, 6.45) is -6.78. The third kappa shape index (κ3) is 4.82. The van der Waals surface area contributed by atoms with E-state index < -0.39 is 24.7 Å². The van der Waals surface area contributed by atoms with Crippen molar-refractivity contribution in [2.45, 2.75) is 24.7 Å². The van der Waals surface area contributed by atoms with Gasteiger partial charge in [0.25, 0.3) is 0 Å². The average molecular weight is 346 g/mol. The van der Waals surface area contributed by atoms with Gasteiger partial charge in [-0.2, -0.15) is 13.2 Å². The van der Waals surface area contributed by atoms with Gasteiger partial charge in [0.15, 0.2) is 0 Å². The lowest BCUT2D eigenvalue weighted by molar-refractivity contribution is -0.154. The smallest absolute Gasteiger partial charge is 0.403 e. The van der Waals surface area contributed by atoms with Gasteiger partial charge in [-0.3, -0.25) is 0 Å². The van der Waals surface area contributed by atoms with Gasteiger partial charge in [0, 0.05) is 18.6 Å². The fourth-order valence-electron chi connectivity index (χ4n) is 1.85. The second-order valence-electron chi connectivity index (χ2n) is 4.35. The van der Waals surface area contributed by atoms with Crippen LogP contribution < -0.4 is 19.9 Å². The van der Waals surface area contributed by atoms with E-state index in [0.717, 1.165) is 0 Å². The molecule has 1 rings (SSSR count). The third-order valence-corrected chi connectivity index (χ3v) is 2.98. The number of rotatable bonds is 6. The standard InChI is InChI=1S/C13H18F3NO4.ClH/c1-19-7-4-9(20-2)12(10(5-7)21-3)8(18)6-11(17)13(14,15)16;/h4-5,8,11,18H,6,17H2,1-3H3;1H/t8-,11-;/m0./s1. The number of hydrogen-bond donors (Lipinski definition) is 2. The molecule has 0 amide bonds. The Morgan fingerprint density at radius 3 is 1.86 bits per heavy atom. The first-order valence-electron chi connectivity index (χ1n) is 6.04. The third-order valence-electron chi connectivity index (χ3n) is 2.98. The first-order valence-corrected chi connectivity index (χ1v) is 6.04. The maximum Gasteiger partial charge on any atom is 0.403 e. The van der Waals surface area contributed by atoms with Crippen LogP contribution in [0.4, 0.5) is 13.2 Å². The zero-order valence-electron chi connectivity index (χ0n) is 12.3. The van der Waals surface area contributed by atoms with Crippen LogP contribution in [0.3, 0.4) is 0 Å². The highest BCUT2D eigenvalue weighted by Crippen LogP contribution is 2.40. The Hall–Kier alpha value is -1.38. The largest absolute Gasteiger partial charge is 0.496 e. The normalized spacial score (nSPS) is 13.8. The van der Waals surface area contributed by atoms with Gasteiger partial charge in [-0.05, 0) is 0 Å². The van der Waals surface area contributed by atoms with Crippen LogP contribution in [-0.2, 0) is 0 Å². The minimum Gasteiger partial charge on any atom is -0.496 e. The lowest BCUT2D eigenvalue weighted by Crippen LogP contribution is -2.38. The molecule has 9 heteroatoms. The number of hydrogen-bond acceptors (Lipinski definition) is 5. The van der Waals surface area contributed by atoms with Crippen LogP contribution in [0.25, 0.3) is 0 Å². The Bertz CT molecular complexity index is 460. The molecular weight excluding hydrogens is 327 g/mol. The van der Waals surface area contributed by atoms with Crippen molar-refractivity contribution in [3.8, 4) is 17.2 Å². The summed E-state index contributed by atoms with van der Waals surface area (Å²) < 4.78 is 52.6. The molecule has 0 bridgehead atoms. The van der Waals surface area contributed by atoms with E-state index in [0.29, 0.717) is 5.75 Å². The molecule has 0 unspecified atom stereocenters. The quantitative estimate of drug-likeness (QED) is 0.828. The highest BCUT2D eigenvalue weighted by atomic mass is 35.5. The maximum atomic E-state index is 12.5. The molecule has 0 aromatic heterocycles. The zero-order valence-corrected chi connectivity index (χ0v) is 13.1. The van der Waals surface area contributed by atoms with E-state index in [2.05, 4.69) is 0 Å². The van der Waals surface area contributed by atoms with Crippen LogP contribution in [0.1, 0.15) is 18.1 Å². The van der Waals surface area contributed by atoms with Crippen molar-refractivity contribution in [3.63, 3.8) is 0 Å². The first kappa shape index (κ1) is 20.6. The minimum atomic E-state index is -4.59. The molecule has 0 heterocycles. The topological polar surface area (TPSA) is 73.9 Å². The van der Waals surface area contributed by atoms with Crippen molar-refractivity contribution < 1.29 is 32.5 Å². The SMILES string of the molecule is COc1cc(OC)c([C@@H](O)C[C@H](N)C(F)(F)F)c(OC)c1.Cl. The summed E-state index contributed by atoms with van der Waals surface area (Å²) in [6, 6.07) is 0.740. The molecule has 5 nitrogen and oxygen atoms in total. The Balaban J connectivity index is 0.00000441. The Kier molecular flexibility index (Phi) is 7.78. The van der Waals surface area contributed by atoms with Crippen molar-refractivity contribution in [1.29, 1.82) is 0 Å². The summed E-state index contributed by atoms with van der Waals surface area (Å²) in [7, 11) is 4.08. The van der Waals surface area contributed by atoms with Crippen LogP contribution in [-0.4, -0.2) is 38.7 Å². The van der Waals surface area contributed by atoms with E-state index >= 15 is 0 Å². The molecule has 128 valence electrons. The fraction of sp³-hybridized carbons (Fsp3) is 0.538. The predicted molar refractivity (Wildman–Crippen MR) is 77.0 cm³/mol. The Morgan fingerprint density at radius 2 is 1.55 bits per heavy atom. The number of aliphatic hydroxyl groups is 1. The van der Waals surface area contributed by atoms with E-state index in [9.17, 15) is 18.3 Å². The van der Waals surface area contributed by atoms with E-state index in [1.807, 2.05) is 0 Å².